The number of anilines is 1. The zero-order valence-electron chi connectivity index (χ0n) is 16.8. The molecule has 0 radical (unpaired) electrons. The monoisotopic (exact) mass is 419 g/mol. The summed E-state index contributed by atoms with van der Waals surface area (Å²) < 4.78 is 30.2. The van der Waals surface area contributed by atoms with Gasteiger partial charge in [-0.1, -0.05) is 0 Å². The smallest absolute Gasteiger partial charge is 0.282 e. The second-order valence-electron chi connectivity index (χ2n) is 8.64. The van der Waals surface area contributed by atoms with Gasteiger partial charge in [-0.25, -0.2) is 9.97 Å². The van der Waals surface area contributed by atoms with Crippen LogP contribution in [0.1, 0.15) is 25.7 Å². The molecule has 3 aliphatic rings. The highest BCUT2D eigenvalue weighted by Gasteiger charge is 2.56. The molecular weight excluding hydrogens is 390 g/mol. The van der Waals surface area contributed by atoms with E-state index in [1.807, 2.05) is 12.3 Å². The highest BCUT2D eigenvalue weighted by molar-refractivity contribution is 7.86. The van der Waals surface area contributed by atoms with Gasteiger partial charge in [0.1, 0.15) is 17.8 Å². The van der Waals surface area contributed by atoms with Crippen molar-refractivity contribution in [2.75, 3.05) is 51.2 Å². The van der Waals surface area contributed by atoms with E-state index in [9.17, 15) is 8.42 Å². The van der Waals surface area contributed by atoms with E-state index in [0.717, 1.165) is 55.6 Å². The minimum atomic E-state index is -3.46. The van der Waals surface area contributed by atoms with Crippen LogP contribution in [-0.2, 0) is 10.2 Å². The summed E-state index contributed by atoms with van der Waals surface area (Å²) in [6, 6.07) is 1.99. The van der Waals surface area contributed by atoms with Gasteiger partial charge in [0.2, 0.25) is 0 Å². The van der Waals surface area contributed by atoms with Gasteiger partial charge in [0, 0.05) is 39.4 Å². The van der Waals surface area contributed by atoms with Gasteiger partial charge in [-0.3, -0.25) is 0 Å². The maximum Gasteiger partial charge on any atom is 0.282 e. The van der Waals surface area contributed by atoms with Crippen LogP contribution in [0, 0.1) is 5.92 Å². The average Bonchev–Trinajstić information content (AvgIpc) is 3.29. The SMILES string of the molecule is CN(CC1CCNCC1)S(=O)(=O)N1CCN(c2ncnc3[nH]ccc23)CC12CC2. The second-order valence-corrected chi connectivity index (χ2v) is 10.6. The van der Waals surface area contributed by atoms with Crippen molar-refractivity contribution >= 4 is 27.1 Å². The predicted molar refractivity (Wildman–Crippen MR) is 112 cm³/mol. The fourth-order valence-corrected chi connectivity index (χ4v) is 6.63. The molecule has 0 aromatic carbocycles. The number of nitrogens with one attached hydrogen (secondary N) is 2. The van der Waals surface area contributed by atoms with Gasteiger partial charge < -0.3 is 15.2 Å². The highest BCUT2D eigenvalue weighted by Crippen LogP contribution is 2.47. The number of aromatic nitrogens is 3. The Balaban J connectivity index is 1.33. The molecule has 2 saturated heterocycles. The lowest BCUT2D eigenvalue weighted by atomic mass is 9.98. The molecule has 0 bridgehead atoms. The van der Waals surface area contributed by atoms with Crippen molar-refractivity contribution in [2.45, 2.75) is 31.2 Å². The molecule has 1 saturated carbocycles. The van der Waals surface area contributed by atoms with Crippen LogP contribution in [0.4, 0.5) is 5.82 Å². The molecule has 2 aromatic heterocycles. The van der Waals surface area contributed by atoms with Gasteiger partial charge in [-0.2, -0.15) is 17.0 Å². The molecule has 0 unspecified atom stereocenters. The van der Waals surface area contributed by atoms with Crippen LogP contribution in [-0.4, -0.2) is 83.8 Å². The Kier molecular flexibility index (Phi) is 4.77. The van der Waals surface area contributed by atoms with Crippen molar-refractivity contribution in [2.24, 2.45) is 5.92 Å². The van der Waals surface area contributed by atoms with E-state index in [1.54, 1.807) is 22.0 Å². The molecule has 1 aliphatic carbocycles. The summed E-state index contributed by atoms with van der Waals surface area (Å²) in [6.07, 6.45) is 7.34. The molecular formula is C19H29N7O2S. The quantitative estimate of drug-likeness (QED) is 0.744. The van der Waals surface area contributed by atoms with Crippen LogP contribution < -0.4 is 10.2 Å². The molecule has 2 N–H and O–H groups in total. The lowest BCUT2D eigenvalue weighted by Crippen LogP contribution is -2.60. The van der Waals surface area contributed by atoms with E-state index in [0.29, 0.717) is 32.1 Å². The van der Waals surface area contributed by atoms with E-state index >= 15 is 0 Å². The Bertz CT molecular complexity index is 981. The minimum absolute atomic E-state index is 0.299. The lowest BCUT2D eigenvalue weighted by Gasteiger charge is -2.43. The zero-order chi connectivity index (χ0) is 20.1. The topological polar surface area (TPSA) is 97.5 Å². The summed E-state index contributed by atoms with van der Waals surface area (Å²) in [7, 11) is -1.72. The van der Waals surface area contributed by atoms with E-state index in [1.165, 1.54) is 0 Å². The van der Waals surface area contributed by atoms with Crippen LogP contribution in [0.25, 0.3) is 11.0 Å². The van der Waals surface area contributed by atoms with Gasteiger partial charge >= 0.3 is 0 Å². The number of hydrogen-bond donors (Lipinski definition) is 2. The van der Waals surface area contributed by atoms with Crippen LogP contribution in [0.15, 0.2) is 18.6 Å². The second kappa shape index (κ2) is 7.19. The van der Waals surface area contributed by atoms with Crippen LogP contribution in [0.3, 0.4) is 0 Å². The number of piperazine rings is 1. The molecule has 9 nitrogen and oxygen atoms in total. The van der Waals surface area contributed by atoms with E-state index in [-0.39, 0.29) is 5.54 Å². The Labute approximate surface area is 171 Å². The molecule has 0 amide bonds. The first kappa shape index (κ1) is 19.2. The maximum absolute atomic E-state index is 13.4. The fourth-order valence-electron chi connectivity index (χ4n) is 4.86. The molecule has 5 rings (SSSR count). The van der Waals surface area contributed by atoms with Crippen molar-refractivity contribution in [1.82, 2.24) is 28.9 Å². The molecule has 1 spiro atoms. The Morgan fingerprint density at radius 3 is 2.79 bits per heavy atom. The lowest BCUT2D eigenvalue weighted by molar-refractivity contribution is 0.238. The molecule has 29 heavy (non-hydrogen) atoms. The van der Waals surface area contributed by atoms with Gasteiger partial charge in [-0.05, 0) is 50.8 Å². The maximum atomic E-state index is 13.4. The van der Waals surface area contributed by atoms with Crippen molar-refractivity contribution < 1.29 is 8.42 Å². The number of rotatable bonds is 5. The first-order valence-corrected chi connectivity index (χ1v) is 11.9. The van der Waals surface area contributed by atoms with E-state index in [4.69, 9.17) is 0 Å². The number of hydrogen-bond acceptors (Lipinski definition) is 6. The highest BCUT2D eigenvalue weighted by atomic mass is 32.2. The number of H-pyrrole nitrogens is 1. The number of nitrogens with zero attached hydrogens (tertiary/aromatic N) is 5. The molecule has 158 valence electrons. The standard InChI is InChI=1S/C19H29N7O2S/c1-24(12-15-2-7-20-8-3-15)29(27,28)26-11-10-25(13-19(26)5-6-19)18-16-4-9-21-17(16)22-14-23-18/h4,9,14-15,20H,2-3,5-8,10-13H2,1H3,(H,21,22,23). The van der Waals surface area contributed by atoms with Crippen LogP contribution >= 0.6 is 0 Å². The first-order chi connectivity index (χ1) is 14.0. The molecule has 10 heteroatoms. The summed E-state index contributed by atoms with van der Waals surface area (Å²) in [5, 5.41) is 4.34. The largest absolute Gasteiger partial charge is 0.353 e. The third-order valence-corrected chi connectivity index (χ3v) is 8.76. The zero-order valence-corrected chi connectivity index (χ0v) is 17.7. The first-order valence-electron chi connectivity index (χ1n) is 10.5. The van der Waals surface area contributed by atoms with Gasteiger partial charge in [-0.15, -0.1) is 0 Å². The molecule has 4 heterocycles. The molecule has 2 aromatic rings. The predicted octanol–water partition coefficient (Wildman–Crippen LogP) is 0.789. The van der Waals surface area contributed by atoms with Crippen molar-refractivity contribution in [1.29, 1.82) is 0 Å². The summed E-state index contributed by atoms with van der Waals surface area (Å²) in [5.74, 6) is 1.33. The van der Waals surface area contributed by atoms with Crippen LogP contribution in [0.2, 0.25) is 0 Å². The summed E-state index contributed by atoms with van der Waals surface area (Å²) in [6.45, 7) is 4.39. The number of fused-ring (bicyclic) bond motifs is 1. The van der Waals surface area contributed by atoms with Crippen LogP contribution in [0.5, 0.6) is 0 Å². The average molecular weight is 420 g/mol. The Hall–Kier alpha value is -1.75. The fraction of sp³-hybridized carbons (Fsp3) is 0.684. The Morgan fingerprint density at radius 1 is 1.24 bits per heavy atom. The van der Waals surface area contributed by atoms with E-state index in [2.05, 4.69) is 25.2 Å². The molecule has 3 fully saturated rings. The third-order valence-electron chi connectivity index (χ3n) is 6.69. The van der Waals surface area contributed by atoms with E-state index < -0.39 is 10.2 Å². The van der Waals surface area contributed by atoms with Gasteiger partial charge in [0.25, 0.3) is 10.2 Å². The number of aromatic amines is 1. The normalized spacial score (nSPS) is 23.3. The van der Waals surface area contributed by atoms with Crippen molar-refractivity contribution in [3.05, 3.63) is 18.6 Å². The third kappa shape index (κ3) is 3.41. The molecule has 0 atom stereocenters. The van der Waals surface area contributed by atoms with Crippen molar-refractivity contribution in [3.63, 3.8) is 0 Å². The summed E-state index contributed by atoms with van der Waals surface area (Å²) >= 11 is 0. The van der Waals surface area contributed by atoms with Gasteiger partial charge in [0.15, 0.2) is 0 Å². The number of piperidine rings is 1. The minimum Gasteiger partial charge on any atom is -0.353 e. The van der Waals surface area contributed by atoms with Crippen molar-refractivity contribution in [3.8, 4) is 0 Å². The Morgan fingerprint density at radius 2 is 2.03 bits per heavy atom. The summed E-state index contributed by atoms with van der Waals surface area (Å²) in [4.78, 5) is 14.1. The molecule has 2 aliphatic heterocycles. The van der Waals surface area contributed by atoms with Gasteiger partial charge in [0.05, 0.1) is 10.9 Å². The summed E-state index contributed by atoms with van der Waals surface area (Å²) in [5.41, 5.74) is 0.518.